The number of carbonyl (C=O) groups is 1. The highest BCUT2D eigenvalue weighted by Crippen LogP contribution is 2.48. The zero-order valence-corrected chi connectivity index (χ0v) is 16.3. The fraction of sp³-hybridized carbons (Fsp3) is 0.550. The van der Waals surface area contributed by atoms with E-state index in [0.29, 0.717) is 19.4 Å². The third-order valence-electron chi connectivity index (χ3n) is 5.89. The molecule has 2 aliphatic rings. The van der Waals surface area contributed by atoms with Crippen LogP contribution in [0, 0.1) is 0 Å². The highest BCUT2D eigenvalue weighted by atomic mass is 16.7. The molecule has 1 saturated heterocycles. The van der Waals surface area contributed by atoms with Crippen molar-refractivity contribution < 1.29 is 19.2 Å². The smallest absolute Gasteiger partial charge is 0.481 e. The van der Waals surface area contributed by atoms with Gasteiger partial charge < -0.3 is 19.7 Å². The van der Waals surface area contributed by atoms with Gasteiger partial charge in [0.05, 0.1) is 16.6 Å². The van der Waals surface area contributed by atoms with E-state index in [-0.39, 0.29) is 0 Å². The molecule has 0 bridgehead atoms. The summed E-state index contributed by atoms with van der Waals surface area (Å²) in [4.78, 5) is 11.6. The molecule has 2 fully saturated rings. The number of hydrogen-bond acceptors (Lipinski definition) is 4. The fourth-order valence-corrected chi connectivity index (χ4v) is 3.29. The predicted octanol–water partition coefficient (Wildman–Crippen LogP) is 3.04. The number of carboxylic acid groups (broad SMARTS) is 1. The van der Waals surface area contributed by atoms with Gasteiger partial charge in [0.25, 0.3) is 0 Å². The van der Waals surface area contributed by atoms with Crippen molar-refractivity contribution in [2.75, 3.05) is 13.6 Å². The van der Waals surface area contributed by atoms with E-state index in [0.717, 1.165) is 16.6 Å². The van der Waals surface area contributed by atoms with Crippen LogP contribution < -0.4 is 5.32 Å². The highest BCUT2D eigenvalue weighted by molar-refractivity contribution is 6.55. The Labute approximate surface area is 155 Å². The van der Waals surface area contributed by atoms with Crippen LogP contribution >= 0.6 is 0 Å². The summed E-state index contributed by atoms with van der Waals surface area (Å²) in [6.45, 7) is 8.77. The van der Waals surface area contributed by atoms with Crippen LogP contribution in [0.4, 0.5) is 0 Å². The van der Waals surface area contributed by atoms with Crippen LogP contribution in [-0.2, 0) is 19.5 Å². The largest absolute Gasteiger partial charge is 0.491 e. The second kappa shape index (κ2) is 6.52. The van der Waals surface area contributed by atoms with Gasteiger partial charge in [0, 0.05) is 6.54 Å². The van der Waals surface area contributed by atoms with Crippen molar-refractivity contribution in [1.82, 2.24) is 5.32 Å². The minimum absolute atomic E-state index is 0.395. The Morgan fingerprint density at radius 2 is 1.85 bits per heavy atom. The first-order valence-corrected chi connectivity index (χ1v) is 9.16. The van der Waals surface area contributed by atoms with Gasteiger partial charge in [0.2, 0.25) is 0 Å². The van der Waals surface area contributed by atoms with Crippen molar-refractivity contribution in [2.24, 2.45) is 0 Å². The van der Waals surface area contributed by atoms with E-state index in [1.807, 2.05) is 65.1 Å². The number of benzene rings is 1. The van der Waals surface area contributed by atoms with Crippen LogP contribution in [0.5, 0.6) is 0 Å². The number of rotatable bonds is 6. The summed E-state index contributed by atoms with van der Waals surface area (Å²) in [6.07, 6.45) is 3.45. The second-order valence-corrected chi connectivity index (χ2v) is 8.35. The summed E-state index contributed by atoms with van der Waals surface area (Å²) >= 11 is 0. The van der Waals surface area contributed by atoms with Gasteiger partial charge in [-0.1, -0.05) is 30.3 Å². The Balaban J connectivity index is 1.90. The van der Waals surface area contributed by atoms with E-state index in [9.17, 15) is 9.90 Å². The van der Waals surface area contributed by atoms with E-state index in [1.165, 1.54) is 0 Å². The maximum absolute atomic E-state index is 11.6. The first kappa shape index (κ1) is 19.1. The van der Waals surface area contributed by atoms with Gasteiger partial charge in [0.15, 0.2) is 0 Å². The molecule has 3 rings (SSSR count). The number of hydrogen-bond donors (Lipinski definition) is 2. The topological polar surface area (TPSA) is 67.8 Å². The Morgan fingerprint density at radius 3 is 2.35 bits per heavy atom. The average Bonchev–Trinajstić information content (AvgIpc) is 3.31. The van der Waals surface area contributed by atoms with Crippen molar-refractivity contribution in [1.29, 1.82) is 0 Å². The molecule has 1 aromatic rings. The van der Waals surface area contributed by atoms with Crippen LogP contribution in [0.15, 0.2) is 29.7 Å². The van der Waals surface area contributed by atoms with E-state index >= 15 is 0 Å². The Morgan fingerprint density at radius 1 is 1.23 bits per heavy atom. The molecule has 0 unspecified atom stereocenters. The van der Waals surface area contributed by atoms with Crippen LogP contribution in [0.1, 0.15) is 51.7 Å². The van der Waals surface area contributed by atoms with E-state index in [4.69, 9.17) is 9.31 Å². The number of aliphatic carboxylic acids is 1. The lowest BCUT2D eigenvalue weighted by Crippen LogP contribution is -2.41. The van der Waals surface area contributed by atoms with Crippen molar-refractivity contribution in [3.05, 3.63) is 40.9 Å². The number of carboxylic acids is 1. The molecule has 26 heavy (non-hydrogen) atoms. The van der Waals surface area contributed by atoms with Gasteiger partial charge >= 0.3 is 13.1 Å². The molecule has 1 aromatic carbocycles. The molecule has 0 amide bonds. The van der Waals surface area contributed by atoms with E-state index < -0.39 is 29.7 Å². The highest BCUT2D eigenvalue weighted by Gasteiger charge is 2.53. The molecule has 1 saturated carbocycles. The Kier molecular flexibility index (Phi) is 4.80. The van der Waals surface area contributed by atoms with Gasteiger partial charge in [-0.3, -0.25) is 4.79 Å². The van der Waals surface area contributed by atoms with Gasteiger partial charge in [-0.15, -0.1) is 0 Å². The normalized spacial score (nSPS) is 23.1. The molecule has 1 aliphatic carbocycles. The van der Waals surface area contributed by atoms with Gasteiger partial charge in [-0.2, -0.15) is 0 Å². The van der Waals surface area contributed by atoms with Crippen molar-refractivity contribution in [3.63, 3.8) is 0 Å². The van der Waals surface area contributed by atoms with Gasteiger partial charge in [0.1, 0.15) is 0 Å². The lowest BCUT2D eigenvalue weighted by atomic mass is 9.76. The van der Waals surface area contributed by atoms with Crippen LogP contribution in [0.25, 0.3) is 6.08 Å². The molecular formula is C20H28BNO4. The maximum atomic E-state index is 11.6. The molecule has 0 atom stereocenters. The summed E-state index contributed by atoms with van der Waals surface area (Å²) in [7, 11) is 1.46. The lowest BCUT2D eigenvalue weighted by Gasteiger charge is -2.32. The summed E-state index contributed by atoms with van der Waals surface area (Å²) in [5.74, 6) is -0.736. The lowest BCUT2D eigenvalue weighted by molar-refractivity contribution is -0.140. The van der Waals surface area contributed by atoms with Crippen molar-refractivity contribution in [2.45, 2.75) is 57.2 Å². The van der Waals surface area contributed by atoms with Crippen LogP contribution in [-0.4, -0.2) is 43.0 Å². The fourth-order valence-electron chi connectivity index (χ4n) is 3.29. The monoisotopic (exact) mass is 357 g/mol. The van der Waals surface area contributed by atoms with Crippen molar-refractivity contribution in [3.8, 4) is 0 Å². The average molecular weight is 357 g/mol. The molecule has 0 radical (unpaired) electrons. The number of nitrogens with one attached hydrogen (secondary N) is 1. The number of likely N-dealkylation sites (N-methyl/N-ethyl adjacent to an activating group) is 1. The summed E-state index contributed by atoms with van der Waals surface area (Å²) in [5.41, 5.74) is 1.34. The summed E-state index contributed by atoms with van der Waals surface area (Å²) in [6, 6.07) is 7.79. The standard InChI is InChI=1S/C20H28BNO4/c1-18(2)19(3,4)26-21(25-18)16(13-22-5)12-14-7-6-8-15(11-14)20(9-10-20)17(23)24/h6-8,11-12,22H,9-10,13H2,1-5H3,(H,23,24). The molecule has 1 heterocycles. The first-order valence-electron chi connectivity index (χ1n) is 9.16. The molecule has 2 N–H and O–H groups in total. The second-order valence-electron chi connectivity index (χ2n) is 8.35. The molecular weight excluding hydrogens is 329 g/mol. The maximum Gasteiger partial charge on any atom is 0.491 e. The first-order chi connectivity index (χ1) is 12.1. The molecule has 1 aliphatic heterocycles. The predicted molar refractivity (Wildman–Crippen MR) is 103 cm³/mol. The van der Waals surface area contributed by atoms with Crippen molar-refractivity contribution >= 4 is 19.2 Å². The molecule has 140 valence electrons. The van der Waals surface area contributed by atoms with Gasteiger partial charge in [-0.05, 0) is 64.2 Å². The zero-order valence-electron chi connectivity index (χ0n) is 16.3. The van der Waals surface area contributed by atoms with Crippen LogP contribution in [0.3, 0.4) is 0 Å². The van der Waals surface area contributed by atoms with Crippen LogP contribution in [0.2, 0.25) is 0 Å². The van der Waals surface area contributed by atoms with E-state index in [2.05, 4.69) is 5.32 Å². The van der Waals surface area contributed by atoms with Gasteiger partial charge in [-0.25, -0.2) is 0 Å². The Hall–Kier alpha value is -1.63. The quantitative estimate of drug-likeness (QED) is 0.766. The molecule has 0 spiro atoms. The molecule has 5 nitrogen and oxygen atoms in total. The summed E-state index contributed by atoms with van der Waals surface area (Å²) < 4.78 is 12.3. The zero-order chi connectivity index (χ0) is 19.2. The third-order valence-corrected chi connectivity index (χ3v) is 5.89. The minimum Gasteiger partial charge on any atom is -0.481 e. The Bertz CT molecular complexity index is 721. The molecule has 6 heteroatoms. The SMILES string of the molecule is CNCC(=Cc1cccc(C2(C(=O)O)CC2)c1)B1OC(C)(C)C(C)(C)O1. The summed E-state index contributed by atoms with van der Waals surface area (Å²) in [5, 5.41) is 12.7. The third kappa shape index (κ3) is 3.33. The molecule has 0 aromatic heterocycles. The van der Waals surface area contributed by atoms with E-state index in [1.54, 1.807) is 0 Å². The minimum atomic E-state index is -0.736.